The third kappa shape index (κ3) is 19.6. The highest BCUT2D eigenvalue weighted by molar-refractivity contribution is 7.00. The van der Waals surface area contributed by atoms with E-state index in [1.54, 1.807) is 0 Å². The Hall–Kier alpha value is -2.84. The lowest BCUT2D eigenvalue weighted by molar-refractivity contribution is 0.141. The smallest absolute Gasteiger partial charge is 0.261 e. The Balaban J connectivity index is 0.000000458. The van der Waals surface area contributed by atoms with Gasteiger partial charge in [0.25, 0.3) is 16.6 Å². The highest BCUT2D eigenvalue weighted by Crippen LogP contribution is 2.41. The van der Waals surface area contributed by atoms with Gasteiger partial charge in [0.2, 0.25) is 0 Å². The van der Waals surface area contributed by atoms with Crippen LogP contribution in [0.4, 0.5) is 0 Å². The molecule has 0 N–H and O–H groups in total. The van der Waals surface area contributed by atoms with E-state index in [1.807, 2.05) is 18.2 Å². The molecule has 0 amide bonds. The van der Waals surface area contributed by atoms with Gasteiger partial charge in [0, 0.05) is 0 Å². The van der Waals surface area contributed by atoms with Gasteiger partial charge in [-0.15, -0.1) is 19.7 Å². The van der Waals surface area contributed by atoms with Crippen LogP contribution >= 0.6 is 0 Å². The molecule has 0 saturated carbocycles. The summed E-state index contributed by atoms with van der Waals surface area (Å²) in [4.78, 5) is 0. The van der Waals surface area contributed by atoms with Gasteiger partial charge in [-0.25, -0.2) is 0 Å². The molecule has 0 aliphatic rings. The molecule has 0 aliphatic carbocycles. The average Bonchev–Trinajstić information content (AvgIpc) is 3.30. The zero-order valence-electron chi connectivity index (χ0n) is 50.7. The molecule has 74 heavy (non-hydrogen) atoms. The second-order valence-electron chi connectivity index (χ2n) is 26.7. The van der Waals surface area contributed by atoms with Gasteiger partial charge in [0.15, 0.2) is 33.3 Å². The first-order chi connectivity index (χ1) is 33.8. The fraction of sp³-hybridized carbons (Fsp3) is 0.516. The molecule has 0 saturated heterocycles. The van der Waals surface area contributed by atoms with Crippen LogP contribution in [0.3, 0.4) is 0 Å². The van der Waals surface area contributed by atoms with E-state index in [1.165, 1.54) is 20.7 Å². The lowest BCUT2D eigenvalue weighted by atomic mass is 10.2. The largest absolute Gasteiger partial charge is 0.415 e. The van der Waals surface area contributed by atoms with E-state index in [4.69, 9.17) is 26.6 Å². The number of benzene rings is 4. The number of rotatable bonds is 22. The third-order valence-electron chi connectivity index (χ3n) is 14.3. The molecule has 4 aromatic rings. The maximum absolute atomic E-state index is 7.42. The summed E-state index contributed by atoms with van der Waals surface area (Å²) in [6, 6.07) is 43.1. The van der Waals surface area contributed by atoms with E-state index in [9.17, 15) is 0 Å². The average molecular weight is 1110 g/mol. The van der Waals surface area contributed by atoms with Gasteiger partial charge in [-0.2, -0.15) is 0 Å². The minimum Gasteiger partial charge on any atom is -0.415 e. The summed E-state index contributed by atoms with van der Waals surface area (Å²) in [5.41, 5.74) is 0. The van der Waals surface area contributed by atoms with Crippen molar-refractivity contribution in [2.24, 2.45) is 0 Å². The molecule has 412 valence electrons. The molecule has 0 heterocycles. The summed E-state index contributed by atoms with van der Waals surface area (Å²) in [7, 11) is -11.9. The molecule has 0 bridgehead atoms. The molecule has 0 radical (unpaired) electrons. The van der Waals surface area contributed by atoms with Crippen molar-refractivity contribution in [2.45, 2.75) is 187 Å². The molecule has 0 fully saturated rings. The van der Waals surface area contributed by atoms with Gasteiger partial charge < -0.3 is 26.6 Å². The second-order valence-corrected chi connectivity index (χ2v) is 53.8. The highest BCUT2D eigenvalue weighted by Gasteiger charge is 2.53. The van der Waals surface area contributed by atoms with Crippen LogP contribution in [0.5, 0.6) is 0 Å². The maximum atomic E-state index is 7.42. The summed E-state index contributed by atoms with van der Waals surface area (Å²) in [6.07, 6.45) is 5.47. The normalized spacial score (nSPS) is 14.6. The summed E-state index contributed by atoms with van der Waals surface area (Å²) in [5.74, 6) is 0. The Kier molecular flexibility index (Phi) is 25.1. The van der Waals surface area contributed by atoms with Crippen molar-refractivity contribution in [2.75, 3.05) is 19.8 Å². The lowest BCUT2D eigenvalue weighted by Crippen LogP contribution is -2.69. The lowest BCUT2D eigenvalue weighted by Gasteiger charge is -2.46. The molecule has 0 aliphatic heterocycles. The molecule has 3 unspecified atom stereocenters. The molecule has 3 atom stereocenters. The van der Waals surface area contributed by atoms with Gasteiger partial charge in [-0.05, 0) is 106 Å². The van der Waals surface area contributed by atoms with Gasteiger partial charge in [0.1, 0.15) is 0 Å². The van der Waals surface area contributed by atoms with Crippen LogP contribution in [0.2, 0.25) is 85.6 Å². The summed E-state index contributed by atoms with van der Waals surface area (Å²) >= 11 is 0. The van der Waals surface area contributed by atoms with E-state index < -0.39 is 49.9 Å². The van der Waals surface area contributed by atoms with E-state index in [-0.39, 0.29) is 38.5 Å². The van der Waals surface area contributed by atoms with E-state index in [2.05, 4.69) is 290 Å². The van der Waals surface area contributed by atoms with Crippen LogP contribution in [0.1, 0.15) is 83.1 Å². The molecule has 12 heteroatoms. The SMILES string of the molecule is C=CC(CO[Si](C)(C)C(C)(C)C)O[Si](C)(C)C(C)(C)C.C=CC(CO[Si](C)(C)C)O[Si](C)(C)C.C=CC(CO[Si](c1ccccc1)(c1ccccc1)C(C)(C)C)O[Si](c1ccccc1)(c1ccccc1)C(C)(C)C. The van der Waals surface area contributed by atoms with Gasteiger partial charge in [-0.1, -0.05) is 223 Å². The highest BCUT2D eigenvalue weighted by atomic mass is 28.4. The summed E-state index contributed by atoms with van der Waals surface area (Å²) in [5, 5.41) is 5.25. The third-order valence-corrected chi connectivity index (χ3v) is 35.4. The van der Waals surface area contributed by atoms with Crippen LogP contribution in [-0.2, 0) is 26.6 Å². The van der Waals surface area contributed by atoms with Crippen molar-refractivity contribution in [3.63, 3.8) is 0 Å². The molecule has 4 rings (SSSR count). The topological polar surface area (TPSA) is 55.4 Å². The predicted octanol–water partition coefficient (Wildman–Crippen LogP) is 15.5. The maximum Gasteiger partial charge on any atom is 0.261 e. The molecule has 6 nitrogen and oxygen atoms in total. The zero-order chi connectivity index (χ0) is 56.7. The minimum absolute atomic E-state index is 0.00465. The van der Waals surface area contributed by atoms with E-state index in [0.717, 1.165) is 0 Å². The Bertz CT molecular complexity index is 2170. The Morgan fingerprint density at radius 3 is 0.905 bits per heavy atom. The quantitative estimate of drug-likeness (QED) is 0.0577. The molecular weight excluding hydrogens is 1010 g/mol. The molecule has 0 spiro atoms. The second kappa shape index (κ2) is 27.7. The standard InChI is InChI=1S/C36H44O2Si2.C16H36O2Si2.C10H24O2Si2/c1-8-30(38-40(36(5,6)7,33-25-17-11-18-26-33)34-27-19-12-20-28-34)29-37-39(35(2,3)4,31-21-13-9-14-22-31)32-23-15-10-16-24-32;1-12-14(18-20(10,11)16(5,6)7)13-17-19(8,9)15(2,3)4;1-8-10(12-14(5,6)7)9-11-13(2,3)4/h8-28,30H,1,29H2,2-7H3;12,14H,1,13H2,2-11H3;8,10H,1,9H2,2-7H3. The number of hydrogen-bond acceptors (Lipinski definition) is 6. The van der Waals surface area contributed by atoms with Crippen LogP contribution < -0.4 is 20.7 Å². The van der Waals surface area contributed by atoms with E-state index in [0.29, 0.717) is 19.8 Å². The molecule has 4 aromatic carbocycles. The first kappa shape index (κ1) is 67.3. The van der Waals surface area contributed by atoms with Crippen molar-refractivity contribution in [3.05, 3.63) is 159 Å². The van der Waals surface area contributed by atoms with Crippen LogP contribution in [-0.4, -0.2) is 88.0 Å². The van der Waals surface area contributed by atoms with Crippen molar-refractivity contribution in [1.29, 1.82) is 0 Å². The number of hydrogen-bond donors (Lipinski definition) is 0. The van der Waals surface area contributed by atoms with Gasteiger partial charge in [-0.3, -0.25) is 0 Å². The first-order valence-electron chi connectivity index (χ1n) is 26.9. The first-order valence-corrected chi connectivity index (χ1v) is 43.3. The van der Waals surface area contributed by atoms with Crippen molar-refractivity contribution < 1.29 is 26.6 Å². The van der Waals surface area contributed by atoms with Gasteiger partial charge in [0.05, 0.1) is 38.1 Å². The summed E-state index contributed by atoms with van der Waals surface area (Å²) < 4.78 is 39.1. The Morgan fingerprint density at radius 1 is 0.338 bits per heavy atom. The van der Waals surface area contributed by atoms with Crippen molar-refractivity contribution in [1.82, 2.24) is 0 Å². The molecule has 0 aromatic heterocycles. The Morgan fingerprint density at radius 2 is 0.622 bits per heavy atom. The Labute approximate surface area is 460 Å². The summed E-state index contributed by atoms with van der Waals surface area (Å²) in [6.45, 7) is 63.3. The van der Waals surface area contributed by atoms with E-state index >= 15 is 0 Å². The van der Waals surface area contributed by atoms with Crippen molar-refractivity contribution in [3.8, 4) is 0 Å². The molecular formula is C62H104O6Si6. The zero-order valence-corrected chi connectivity index (χ0v) is 56.7. The fourth-order valence-electron chi connectivity index (χ4n) is 8.19. The minimum atomic E-state index is -2.77. The van der Waals surface area contributed by atoms with Crippen LogP contribution in [0.25, 0.3) is 0 Å². The fourth-order valence-corrected chi connectivity index (χ4v) is 21.4. The van der Waals surface area contributed by atoms with Gasteiger partial charge >= 0.3 is 0 Å². The monoisotopic (exact) mass is 1110 g/mol. The van der Waals surface area contributed by atoms with Crippen LogP contribution in [0, 0.1) is 0 Å². The van der Waals surface area contributed by atoms with Crippen molar-refractivity contribution >= 4 is 70.7 Å². The predicted molar refractivity (Wildman–Crippen MR) is 339 cm³/mol. The van der Waals surface area contributed by atoms with Crippen LogP contribution in [0.15, 0.2) is 159 Å².